The Kier molecular flexibility index (Phi) is 4.59. The highest BCUT2D eigenvalue weighted by Gasteiger charge is 2.10. The first-order valence-corrected chi connectivity index (χ1v) is 9.06. The molecule has 0 saturated heterocycles. The molecule has 0 amide bonds. The van der Waals surface area contributed by atoms with E-state index in [4.69, 9.17) is 9.72 Å². The maximum Gasteiger partial charge on any atom is 0.119 e. The summed E-state index contributed by atoms with van der Waals surface area (Å²) in [5.74, 6) is 0.905. The van der Waals surface area contributed by atoms with Crippen molar-refractivity contribution in [2.24, 2.45) is 0 Å². The summed E-state index contributed by atoms with van der Waals surface area (Å²) < 4.78 is 5.38. The van der Waals surface area contributed by atoms with Crippen molar-refractivity contribution in [1.82, 2.24) is 9.97 Å². The van der Waals surface area contributed by atoms with Crippen LogP contribution in [0.2, 0.25) is 0 Å². The van der Waals surface area contributed by atoms with Gasteiger partial charge >= 0.3 is 0 Å². The Morgan fingerprint density at radius 3 is 2.85 bits per heavy atom. The van der Waals surface area contributed by atoms with E-state index in [0.717, 1.165) is 36.5 Å². The Balaban J connectivity index is 1.42. The molecule has 4 rings (SSSR count). The van der Waals surface area contributed by atoms with Crippen LogP contribution in [-0.4, -0.2) is 23.6 Å². The minimum absolute atomic E-state index is 0.898. The van der Waals surface area contributed by atoms with Crippen LogP contribution in [-0.2, 0) is 13.0 Å². The second kappa shape index (κ2) is 7.18. The van der Waals surface area contributed by atoms with Gasteiger partial charge in [0.15, 0.2) is 0 Å². The molecule has 132 valence electrons. The Hall–Kier alpha value is -2.85. The lowest BCUT2D eigenvalue weighted by atomic mass is 10.1. The molecule has 4 heteroatoms. The molecule has 0 saturated carbocycles. The Labute approximate surface area is 153 Å². The van der Waals surface area contributed by atoms with Crippen LogP contribution in [0, 0.1) is 6.92 Å². The van der Waals surface area contributed by atoms with Crippen LogP contribution in [0.1, 0.15) is 17.0 Å². The van der Waals surface area contributed by atoms with Crippen molar-refractivity contribution in [2.75, 3.05) is 13.7 Å². The largest absolute Gasteiger partial charge is 0.497 e. The first-order valence-electron chi connectivity index (χ1n) is 9.06. The number of aryl methyl sites for hydroxylation is 1. The number of pyridine rings is 1. The van der Waals surface area contributed by atoms with Gasteiger partial charge in [0.25, 0.3) is 0 Å². The molecule has 0 spiro atoms. The molecule has 0 bridgehead atoms. The van der Waals surface area contributed by atoms with Crippen LogP contribution < -0.4 is 10.1 Å². The van der Waals surface area contributed by atoms with Crippen molar-refractivity contribution < 1.29 is 10.1 Å². The number of benzene rings is 2. The number of quaternary nitrogens is 1. The number of hydrogen-bond donors (Lipinski definition) is 2. The van der Waals surface area contributed by atoms with Crippen molar-refractivity contribution in [3.05, 3.63) is 71.5 Å². The lowest BCUT2D eigenvalue weighted by molar-refractivity contribution is -0.670. The minimum Gasteiger partial charge on any atom is -0.497 e. The van der Waals surface area contributed by atoms with E-state index in [1.54, 1.807) is 7.11 Å². The van der Waals surface area contributed by atoms with Crippen LogP contribution in [0.4, 0.5) is 0 Å². The topological polar surface area (TPSA) is 54.5 Å². The first-order chi connectivity index (χ1) is 12.7. The quantitative estimate of drug-likeness (QED) is 0.526. The number of hydrogen-bond acceptors (Lipinski definition) is 2. The number of fused-ring (bicyclic) bond motifs is 2. The van der Waals surface area contributed by atoms with Gasteiger partial charge in [-0.25, -0.2) is 4.98 Å². The van der Waals surface area contributed by atoms with Gasteiger partial charge in [-0.15, -0.1) is 0 Å². The summed E-state index contributed by atoms with van der Waals surface area (Å²) in [6, 6.07) is 18.8. The van der Waals surface area contributed by atoms with E-state index in [-0.39, 0.29) is 0 Å². The molecular weight excluding hydrogens is 322 g/mol. The lowest BCUT2D eigenvalue weighted by Gasteiger charge is -2.05. The number of methoxy groups -OCH3 is 1. The fraction of sp³-hybridized carbons (Fsp3) is 0.227. The number of rotatable bonds is 6. The summed E-state index contributed by atoms with van der Waals surface area (Å²) >= 11 is 0. The molecule has 0 atom stereocenters. The molecule has 26 heavy (non-hydrogen) atoms. The second-order valence-corrected chi connectivity index (χ2v) is 6.67. The number of aromatic nitrogens is 2. The number of nitrogens with one attached hydrogen (secondary N) is 1. The molecule has 0 aliphatic heterocycles. The van der Waals surface area contributed by atoms with E-state index >= 15 is 0 Å². The maximum absolute atomic E-state index is 5.38. The first kappa shape index (κ1) is 16.6. The molecule has 4 aromatic rings. The monoisotopic (exact) mass is 346 g/mol. The van der Waals surface area contributed by atoms with Crippen molar-refractivity contribution >= 4 is 21.8 Å². The van der Waals surface area contributed by atoms with Gasteiger partial charge in [0.05, 0.1) is 24.9 Å². The van der Waals surface area contributed by atoms with Crippen LogP contribution >= 0.6 is 0 Å². The predicted octanol–water partition coefficient (Wildman–Crippen LogP) is 3.34. The van der Waals surface area contributed by atoms with Crippen LogP contribution in [0.15, 0.2) is 54.6 Å². The van der Waals surface area contributed by atoms with E-state index in [0.29, 0.717) is 0 Å². The highest BCUT2D eigenvalue weighted by molar-refractivity contribution is 5.86. The van der Waals surface area contributed by atoms with E-state index in [2.05, 4.69) is 53.6 Å². The van der Waals surface area contributed by atoms with Crippen molar-refractivity contribution in [3.63, 3.8) is 0 Å². The van der Waals surface area contributed by atoms with E-state index in [1.807, 2.05) is 18.2 Å². The average Bonchev–Trinajstić information content (AvgIpc) is 2.99. The summed E-state index contributed by atoms with van der Waals surface area (Å²) in [5.41, 5.74) is 5.99. The third kappa shape index (κ3) is 3.28. The van der Waals surface area contributed by atoms with Crippen molar-refractivity contribution in [2.45, 2.75) is 19.9 Å². The van der Waals surface area contributed by atoms with Crippen LogP contribution in [0.25, 0.3) is 21.8 Å². The number of ether oxygens (including phenoxy) is 1. The molecule has 0 fully saturated rings. The van der Waals surface area contributed by atoms with Gasteiger partial charge in [-0.05, 0) is 42.8 Å². The molecular formula is C22H24N3O+. The van der Waals surface area contributed by atoms with Gasteiger partial charge in [0, 0.05) is 28.4 Å². The zero-order valence-corrected chi connectivity index (χ0v) is 15.3. The number of para-hydroxylation sites is 1. The van der Waals surface area contributed by atoms with Gasteiger partial charge in [0.1, 0.15) is 12.3 Å². The summed E-state index contributed by atoms with van der Waals surface area (Å²) in [4.78, 5) is 8.22. The molecule has 2 heterocycles. The fourth-order valence-electron chi connectivity index (χ4n) is 3.53. The SMILES string of the molecule is COc1ccc2[nH]c(C)c(CC[NH2+]Cc3ccc4ccccc4n3)c2c1. The predicted molar refractivity (Wildman–Crippen MR) is 106 cm³/mol. The molecule has 4 nitrogen and oxygen atoms in total. The normalized spacial score (nSPS) is 11.3. The fourth-order valence-corrected chi connectivity index (χ4v) is 3.53. The highest BCUT2D eigenvalue weighted by atomic mass is 16.5. The number of aromatic amines is 1. The van der Waals surface area contributed by atoms with Crippen LogP contribution in [0.5, 0.6) is 5.75 Å². The smallest absolute Gasteiger partial charge is 0.119 e. The maximum atomic E-state index is 5.38. The van der Waals surface area contributed by atoms with Gasteiger partial charge in [-0.1, -0.05) is 24.3 Å². The molecule has 2 aromatic heterocycles. The van der Waals surface area contributed by atoms with Crippen LogP contribution in [0.3, 0.4) is 0 Å². The number of nitrogens with zero attached hydrogens (tertiary/aromatic N) is 1. The van der Waals surface area contributed by atoms with Gasteiger partial charge in [0.2, 0.25) is 0 Å². The summed E-state index contributed by atoms with van der Waals surface area (Å²) in [6.45, 7) is 4.07. The van der Waals surface area contributed by atoms with E-state index in [1.165, 1.54) is 27.5 Å². The van der Waals surface area contributed by atoms with Crippen molar-refractivity contribution in [1.29, 1.82) is 0 Å². The Bertz CT molecular complexity index is 1050. The lowest BCUT2D eigenvalue weighted by Crippen LogP contribution is -2.83. The summed E-state index contributed by atoms with van der Waals surface area (Å²) in [5, 5.41) is 4.79. The Morgan fingerprint density at radius 2 is 1.96 bits per heavy atom. The average molecular weight is 346 g/mol. The second-order valence-electron chi connectivity index (χ2n) is 6.67. The summed E-state index contributed by atoms with van der Waals surface area (Å²) in [6.07, 6.45) is 1.02. The molecule has 3 N–H and O–H groups in total. The third-order valence-electron chi connectivity index (χ3n) is 4.93. The van der Waals surface area contributed by atoms with E-state index < -0.39 is 0 Å². The highest BCUT2D eigenvalue weighted by Crippen LogP contribution is 2.26. The molecule has 2 aromatic carbocycles. The standard InChI is InChI=1S/C22H23N3O/c1-15-19(20-13-18(26-2)9-10-22(20)24-15)11-12-23-14-17-8-7-16-5-3-4-6-21(16)25-17/h3-10,13,23-24H,11-12,14H2,1-2H3/p+1. The molecule has 0 unspecified atom stereocenters. The van der Waals surface area contributed by atoms with Gasteiger partial charge in [-0.3, -0.25) is 0 Å². The van der Waals surface area contributed by atoms with Gasteiger partial charge < -0.3 is 15.0 Å². The third-order valence-corrected chi connectivity index (χ3v) is 4.93. The molecule has 0 aliphatic carbocycles. The minimum atomic E-state index is 0.898. The van der Waals surface area contributed by atoms with Crippen molar-refractivity contribution in [3.8, 4) is 5.75 Å². The summed E-state index contributed by atoms with van der Waals surface area (Å²) in [7, 11) is 1.71. The number of nitrogens with two attached hydrogens (primary N) is 1. The Morgan fingerprint density at radius 1 is 1.08 bits per heavy atom. The number of H-pyrrole nitrogens is 1. The van der Waals surface area contributed by atoms with E-state index in [9.17, 15) is 0 Å². The zero-order chi connectivity index (χ0) is 17.9. The molecule has 0 radical (unpaired) electrons. The zero-order valence-electron chi connectivity index (χ0n) is 15.3. The molecule has 0 aliphatic rings. The van der Waals surface area contributed by atoms with Gasteiger partial charge in [-0.2, -0.15) is 0 Å².